The highest BCUT2D eigenvalue weighted by Gasteiger charge is 2.31. The van der Waals surface area contributed by atoms with Gasteiger partial charge in [-0.2, -0.15) is 10.1 Å². The molecular formula is C17H16F2N6O. The minimum absolute atomic E-state index is 0.283. The van der Waals surface area contributed by atoms with Crippen molar-refractivity contribution in [3.8, 4) is 0 Å². The fraction of sp³-hybridized carbons (Fsp3) is 0.294. The predicted molar refractivity (Wildman–Crippen MR) is 89.9 cm³/mol. The van der Waals surface area contributed by atoms with E-state index >= 15 is 0 Å². The van der Waals surface area contributed by atoms with Crippen molar-refractivity contribution in [3.05, 3.63) is 53.5 Å². The quantitative estimate of drug-likeness (QED) is 0.776. The second-order valence-corrected chi connectivity index (χ2v) is 6.08. The molecule has 3 aromatic rings. The van der Waals surface area contributed by atoms with Crippen molar-refractivity contribution < 1.29 is 13.6 Å². The molecule has 3 heterocycles. The summed E-state index contributed by atoms with van der Waals surface area (Å²) in [6.45, 7) is 0.611. The largest absolute Gasteiger partial charge is 0.355 e. The summed E-state index contributed by atoms with van der Waals surface area (Å²) in [7, 11) is 1.52. The van der Waals surface area contributed by atoms with Crippen LogP contribution in [0.4, 0.5) is 14.7 Å². The van der Waals surface area contributed by atoms with Gasteiger partial charge in [-0.25, -0.2) is 18.3 Å². The lowest BCUT2D eigenvalue weighted by Gasteiger charge is -2.25. The number of fused-ring (bicyclic) bond motifs is 1. The standard InChI is InChI=1S/C17H16F2N6O/c1-20-16(26)12-8-22-25-9-21-17(23-15(12)25)24-6-2-3-14(24)11-7-10(18)4-5-13(11)19/h4-5,7-9,14H,2-3,6H2,1H3,(H,20,26). The fourth-order valence-electron chi connectivity index (χ4n) is 3.31. The van der Waals surface area contributed by atoms with Gasteiger partial charge in [0.15, 0.2) is 5.65 Å². The number of benzene rings is 1. The van der Waals surface area contributed by atoms with Crippen molar-refractivity contribution in [2.75, 3.05) is 18.5 Å². The molecule has 1 aliphatic rings. The average Bonchev–Trinajstić information content (AvgIpc) is 3.29. The summed E-state index contributed by atoms with van der Waals surface area (Å²) in [5, 5.41) is 6.60. The fourth-order valence-corrected chi connectivity index (χ4v) is 3.31. The molecule has 9 heteroatoms. The molecule has 2 aromatic heterocycles. The molecule has 1 fully saturated rings. The second kappa shape index (κ2) is 6.32. The molecule has 7 nitrogen and oxygen atoms in total. The number of halogens is 2. The number of nitrogens with zero attached hydrogens (tertiary/aromatic N) is 5. The molecule has 26 heavy (non-hydrogen) atoms. The number of anilines is 1. The minimum atomic E-state index is -0.484. The van der Waals surface area contributed by atoms with Crippen molar-refractivity contribution in [3.63, 3.8) is 0 Å². The van der Waals surface area contributed by atoms with E-state index in [4.69, 9.17) is 0 Å². The Kier molecular flexibility index (Phi) is 3.98. The zero-order valence-corrected chi connectivity index (χ0v) is 14.0. The maximum Gasteiger partial charge on any atom is 0.256 e. The lowest BCUT2D eigenvalue weighted by atomic mass is 10.0. The summed E-state index contributed by atoms with van der Waals surface area (Å²) < 4.78 is 29.2. The molecule has 0 aliphatic carbocycles. The van der Waals surface area contributed by atoms with Gasteiger partial charge in [0.2, 0.25) is 5.95 Å². The van der Waals surface area contributed by atoms with Gasteiger partial charge in [-0.15, -0.1) is 0 Å². The van der Waals surface area contributed by atoms with Gasteiger partial charge in [0, 0.05) is 19.2 Å². The third kappa shape index (κ3) is 2.65. The van der Waals surface area contributed by atoms with E-state index < -0.39 is 11.6 Å². The van der Waals surface area contributed by atoms with Crippen LogP contribution in [0.5, 0.6) is 0 Å². The van der Waals surface area contributed by atoms with E-state index in [1.807, 2.05) is 4.90 Å². The highest BCUT2D eigenvalue weighted by Crippen LogP contribution is 2.36. The third-order valence-corrected chi connectivity index (χ3v) is 4.56. The van der Waals surface area contributed by atoms with E-state index in [1.165, 1.54) is 30.2 Å². The van der Waals surface area contributed by atoms with Gasteiger partial charge in [0.05, 0.1) is 12.2 Å². The first-order chi connectivity index (χ1) is 12.6. The van der Waals surface area contributed by atoms with Gasteiger partial charge in [-0.1, -0.05) is 0 Å². The highest BCUT2D eigenvalue weighted by atomic mass is 19.1. The van der Waals surface area contributed by atoms with Crippen LogP contribution >= 0.6 is 0 Å². The summed E-state index contributed by atoms with van der Waals surface area (Å²) in [6.07, 6.45) is 4.34. The molecule has 4 rings (SSSR count). The zero-order valence-electron chi connectivity index (χ0n) is 14.0. The van der Waals surface area contributed by atoms with E-state index in [0.29, 0.717) is 30.1 Å². The van der Waals surface area contributed by atoms with E-state index in [1.54, 1.807) is 0 Å². The van der Waals surface area contributed by atoms with Gasteiger partial charge >= 0.3 is 0 Å². The normalized spacial score (nSPS) is 17.0. The molecule has 0 saturated carbocycles. The Morgan fingerprint density at radius 1 is 1.35 bits per heavy atom. The Morgan fingerprint density at radius 3 is 3.00 bits per heavy atom. The zero-order chi connectivity index (χ0) is 18.3. The Morgan fingerprint density at radius 2 is 2.19 bits per heavy atom. The molecule has 1 aromatic carbocycles. The SMILES string of the molecule is CNC(=O)c1cnn2cnc(N3CCCC3c3cc(F)ccc3F)nc12. The molecular weight excluding hydrogens is 342 g/mol. The predicted octanol–water partition coefficient (Wildman–Crippen LogP) is 2.10. The van der Waals surface area contributed by atoms with Crippen molar-refractivity contribution in [1.29, 1.82) is 0 Å². The summed E-state index contributed by atoms with van der Waals surface area (Å²) in [6, 6.07) is 3.08. The molecule has 1 atom stereocenters. The van der Waals surface area contributed by atoms with Crippen molar-refractivity contribution >= 4 is 17.5 Å². The third-order valence-electron chi connectivity index (χ3n) is 4.56. The van der Waals surface area contributed by atoms with Gasteiger partial charge < -0.3 is 10.2 Å². The van der Waals surface area contributed by atoms with Gasteiger partial charge in [0.25, 0.3) is 5.91 Å². The molecule has 1 amide bonds. The number of hydrogen-bond donors (Lipinski definition) is 1. The molecule has 1 N–H and O–H groups in total. The molecule has 1 saturated heterocycles. The van der Waals surface area contributed by atoms with E-state index in [9.17, 15) is 13.6 Å². The van der Waals surface area contributed by atoms with Crippen LogP contribution in [0, 0.1) is 11.6 Å². The summed E-state index contributed by atoms with van der Waals surface area (Å²) in [5.41, 5.74) is 0.967. The van der Waals surface area contributed by atoms with E-state index in [-0.39, 0.29) is 17.5 Å². The summed E-state index contributed by atoms with van der Waals surface area (Å²) >= 11 is 0. The van der Waals surface area contributed by atoms with E-state index in [2.05, 4.69) is 20.4 Å². The Labute approximate surface area is 147 Å². The number of amides is 1. The van der Waals surface area contributed by atoms with Gasteiger partial charge in [-0.3, -0.25) is 4.79 Å². The molecule has 0 bridgehead atoms. The number of aromatic nitrogens is 4. The highest BCUT2D eigenvalue weighted by molar-refractivity contribution is 5.99. The van der Waals surface area contributed by atoms with Crippen molar-refractivity contribution in [2.45, 2.75) is 18.9 Å². The smallest absolute Gasteiger partial charge is 0.256 e. The van der Waals surface area contributed by atoms with Gasteiger partial charge in [0.1, 0.15) is 23.5 Å². The second-order valence-electron chi connectivity index (χ2n) is 6.08. The first kappa shape index (κ1) is 16.4. The number of hydrogen-bond acceptors (Lipinski definition) is 5. The molecule has 0 radical (unpaired) electrons. The first-order valence-electron chi connectivity index (χ1n) is 8.22. The number of rotatable bonds is 3. The number of carbonyl (C=O) groups excluding carboxylic acids is 1. The van der Waals surface area contributed by atoms with Crippen LogP contribution in [-0.4, -0.2) is 39.1 Å². The van der Waals surface area contributed by atoms with Crippen LogP contribution in [-0.2, 0) is 0 Å². The lowest BCUT2D eigenvalue weighted by molar-refractivity contribution is 0.0964. The topological polar surface area (TPSA) is 75.4 Å². The molecule has 0 spiro atoms. The van der Waals surface area contributed by atoms with Crippen LogP contribution in [0.1, 0.15) is 34.8 Å². The van der Waals surface area contributed by atoms with Crippen molar-refractivity contribution in [2.24, 2.45) is 0 Å². The average molecular weight is 358 g/mol. The molecule has 1 unspecified atom stereocenters. The van der Waals surface area contributed by atoms with E-state index in [0.717, 1.165) is 18.6 Å². The van der Waals surface area contributed by atoms with Crippen molar-refractivity contribution in [1.82, 2.24) is 24.9 Å². The Bertz CT molecular complexity index is 989. The Hall–Kier alpha value is -3.10. The molecule has 1 aliphatic heterocycles. The Balaban J connectivity index is 1.76. The number of carbonyl (C=O) groups is 1. The first-order valence-corrected chi connectivity index (χ1v) is 8.22. The van der Waals surface area contributed by atoms with Crippen LogP contribution < -0.4 is 10.2 Å². The number of nitrogens with one attached hydrogen (secondary N) is 1. The van der Waals surface area contributed by atoms with Gasteiger partial charge in [-0.05, 0) is 31.0 Å². The van der Waals surface area contributed by atoms with Crippen LogP contribution in [0.15, 0.2) is 30.7 Å². The maximum absolute atomic E-state index is 14.2. The van der Waals surface area contributed by atoms with Crippen LogP contribution in [0.2, 0.25) is 0 Å². The summed E-state index contributed by atoms with van der Waals surface area (Å²) in [5.74, 6) is -0.893. The summed E-state index contributed by atoms with van der Waals surface area (Å²) in [4.78, 5) is 22.5. The minimum Gasteiger partial charge on any atom is -0.355 e. The molecule has 134 valence electrons. The lowest BCUT2D eigenvalue weighted by Crippen LogP contribution is -2.26. The van der Waals surface area contributed by atoms with Crippen LogP contribution in [0.25, 0.3) is 5.65 Å². The van der Waals surface area contributed by atoms with Crippen LogP contribution in [0.3, 0.4) is 0 Å². The monoisotopic (exact) mass is 358 g/mol. The maximum atomic E-state index is 14.2.